The lowest BCUT2D eigenvalue weighted by Gasteiger charge is -2.16. The van der Waals surface area contributed by atoms with Gasteiger partial charge in [0.05, 0.1) is 11.7 Å². The van der Waals surface area contributed by atoms with Gasteiger partial charge in [-0.25, -0.2) is 0 Å². The Morgan fingerprint density at radius 2 is 1.84 bits per heavy atom. The van der Waals surface area contributed by atoms with Crippen LogP contribution in [0.2, 0.25) is 0 Å². The van der Waals surface area contributed by atoms with Crippen molar-refractivity contribution in [2.24, 2.45) is 5.73 Å². The van der Waals surface area contributed by atoms with Gasteiger partial charge in [0, 0.05) is 15.1 Å². The lowest BCUT2D eigenvalue weighted by atomic mass is 9.95. The van der Waals surface area contributed by atoms with Gasteiger partial charge >= 0.3 is 0 Å². The van der Waals surface area contributed by atoms with Crippen molar-refractivity contribution in [1.82, 2.24) is 4.98 Å². The first kappa shape index (κ1) is 14.7. The first-order valence-corrected chi connectivity index (χ1v) is 7.69. The second kappa shape index (κ2) is 6.16. The third kappa shape index (κ3) is 3.44. The molecule has 0 radical (unpaired) electrons. The van der Waals surface area contributed by atoms with Crippen molar-refractivity contribution in [3.63, 3.8) is 0 Å². The van der Waals surface area contributed by atoms with E-state index in [9.17, 15) is 0 Å². The molecule has 1 aromatic carbocycles. The third-order valence-electron chi connectivity index (χ3n) is 3.26. The van der Waals surface area contributed by atoms with Crippen molar-refractivity contribution in [2.45, 2.75) is 26.3 Å². The van der Waals surface area contributed by atoms with Gasteiger partial charge in [0.15, 0.2) is 0 Å². The minimum Gasteiger partial charge on any atom is -0.322 e. The van der Waals surface area contributed by atoms with Crippen LogP contribution in [0.1, 0.15) is 28.4 Å². The fourth-order valence-corrected chi connectivity index (χ4v) is 3.47. The zero-order chi connectivity index (χ0) is 14.0. The molecular formula is C15H16Br2N2. The molecule has 100 valence electrons. The van der Waals surface area contributed by atoms with E-state index >= 15 is 0 Å². The molecular weight excluding hydrogens is 368 g/mol. The number of pyridine rings is 1. The first-order chi connectivity index (χ1) is 8.99. The number of benzene rings is 1. The second-order valence-electron chi connectivity index (χ2n) is 4.70. The standard InChI is InChI=1S/C15H16Br2N2/c1-9-4-3-5-10(2)12(9)7-14(18)15-13(17)6-11(16)8-19-15/h3-6,8,14H,7,18H2,1-2H3. The molecule has 0 spiro atoms. The molecule has 0 saturated carbocycles. The van der Waals surface area contributed by atoms with Crippen LogP contribution in [0.4, 0.5) is 0 Å². The summed E-state index contributed by atoms with van der Waals surface area (Å²) in [6, 6.07) is 8.20. The van der Waals surface area contributed by atoms with Crippen LogP contribution < -0.4 is 5.73 Å². The fraction of sp³-hybridized carbons (Fsp3) is 0.267. The second-order valence-corrected chi connectivity index (χ2v) is 6.47. The largest absolute Gasteiger partial charge is 0.322 e. The van der Waals surface area contributed by atoms with Crippen LogP contribution in [0.3, 0.4) is 0 Å². The Kier molecular flexibility index (Phi) is 4.76. The summed E-state index contributed by atoms with van der Waals surface area (Å²) in [5.41, 5.74) is 11.1. The van der Waals surface area contributed by atoms with E-state index < -0.39 is 0 Å². The molecule has 19 heavy (non-hydrogen) atoms. The van der Waals surface area contributed by atoms with Gasteiger partial charge in [-0.1, -0.05) is 18.2 Å². The molecule has 2 aromatic rings. The topological polar surface area (TPSA) is 38.9 Å². The van der Waals surface area contributed by atoms with Crippen LogP contribution in [0.15, 0.2) is 39.4 Å². The summed E-state index contributed by atoms with van der Waals surface area (Å²) in [5, 5.41) is 0. The van der Waals surface area contributed by atoms with E-state index in [1.165, 1.54) is 16.7 Å². The first-order valence-electron chi connectivity index (χ1n) is 6.10. The predicted octanol–water partition coefficient (Wildman–Crippen LogP) is 4.47. The minimum atomic E-state index is -0.109. The Labute approximate surface area is 130 Å². The Hall–Kier alpha value is -0.710. The van der Waals surface area contributed by atoms with Gasteiger partial charge in [0.1, 0.15) is 0 Å². The van der Waals surface area contributed by atoms with E-state index in [2.05, 4.69) is 68.9 Å². The van der Waals surface area contributed by atoms with Gasteiger partial charge in [0.2, 0.25) is 0 Å². The summed E-state index contributed by atoms with van der Waals surface area (Å²) < 4.78 is 1.89. The highest BCUT2D eigenvalue weighted by molar-refractivity contribution is 9.11. The molecule has 0 aliphatic rings. The van der Waals surface area contributed by atoms with Crippen LogP contribution in [0, 0.1) is 13.8 Å². The summed E-state index contributed by atoms with van der Waals surface area (Å²) in [6.07, 6.45) is 2.58. The van der Waals surface area contributed by atoms with Crippen LogP contribution >= 0.6 is 31.9 Å². The Bertz CT molecular complexity index is 576. The molecule has 2 N–H and O–H groups in total. The molecule has 1 aromatic heterocycles. The number of halogens is 2. The SMILES string of the molecule is Cc1cccc(C)c1CC(N)c1ncc(Br)cc1Br. The molecule has 1 atom stereocenters. The number of aromatic nitrogens is 1. The van der Waals surface area contributed by atoms with Gasteiger partial charge in [-0.3, -0.25) is 4.98 Å². The van der Waals surface area contributed by atoms with E-state index in [0.717, 1.165) is 21.1 Å². The maximum atomic E-state index is 6.31. The predicted molar refractivity (Wildman–Crippen MR) is 86.2 cm³/mol. The third-order valence-corrected chi connectivity index (χ3v) is 4.32. The van der Waals surface area contributed by atoms with E-state index in [1.807, 2.05) is 6.07 Å². The molecule has 0 saturated heterocycles. The number of nitrogens with zero attached hydrogens (tertiary/aromatic N) is 1. The molecule has 0 amide bonds. The van der Waals surface area contributed by atoms with Gasteiger partial charge in [0.25, 0.3) is 0 Å². The lowest BCUT2D eigenvalue weighted by Crippen LogP contribution is -2.16. The van der Waals surface area contributed by atoms with Crippen molar-refractivity contribution in [2.75, 3.05) is 0 Å². The van der Waals surface area contributed by atoms with Gasteiger partial charge in [-0.15, -0.1) is 0 Å². The van der Waals surface area contributed by atoms with Crippen LogP contribution in [0.5, 0.6) is 0 Å². The van der Waals surface area contributed by atoms with Crippen molar-refractivity contribution in [3.05, 3.63) is 61.8 Å². The molecule has 2 nitrogen and oxygen atoms in total. The number of hydrogen-bond acceptors (Lipinski definition) is 2. The molecule has 0 aliphatic heterocycles. The summed E-state index contributed by atoms with van der Waals surface area (Å²) >= 11 is 6.93. The molecule has 4 heteroatoms. The fourth-order valence-electron chi connectivity index (χ4n) is 2.19. The van der Waals surface area contributed by atoms with Crippen molar-refractivity contribution < 1.29 is 0 Å². The number of aryl methyl sites for hydroxylation is 2. The van der Waals surface area contributed by atoms with E-state index in [1.54, 1.807) is 6.20 Å². The average Bonchev–Trinajstić information content (AvgIpc) is 2.33. The Morgan fingerprint density at radius 1 is 1.21 bits per heavy atom. The molecule has 2 rings (SSSR count). The Balaban J connectivity index is 2.28. The van der Waals surface area contributed by atoms with Crippen LogP contribution in [0.25, 0.3) is 0 Å². The average molecular weight is 384 g/mol. The Morgan fingerprint density at radius 3 is 2.42 bits per heavy atom. The van der Waals surface area contributed by atoms with Crippen molar-refractivity contribution in [1.29, 1.82) is 0 Å². The molecule has 0 fully saturated rings. The quantitative estimate of drug-likeness (QED) is 0.849. The summed E-state index contributed by atoms with van der Waals surface area (Å²) in [6.45, 7) is 4.25. The zero-order valence-corrected chi connectivity index (χ0v) is 14.1. The van der Waals surface area contributed by atoms with E-state index in [-0.39, 0.29) is 6.04 Å². The monoisotopic (exact) mass is 382 g/mol. The highest BCUT2D eigenvalue weighted by Crippen LogP contribution is 2.27. The molecule has 0 bridgehead atoms. The summed E-state index contributed by atoms with van der Waals surface area (Å²) in [7, 11) is 0. The zero-order valence-electron chi connectivity index (χ0n) is 11.0. The van der Waals surface area contributed by atoms with E-state index in [0.29, 0.717) is 0 Å². The van der Waals surface area contributed by atoms with Crippen LogP contribution in [-0.4, -0.2) is 4.98 Å². The number of nitrogens with two attached hydrogens (primary N) is 1. The number of rotatable bonds is 3. The minimum absolute atomic E-state index is 0.109. The smallest absolute Gasteiger partial charge is 0.0716 e. The molecule has 0 aliphatic carbocycles. The summed E-state index contributed by atoms with van der Waals surface area (Å²) in [4.78, 5) is 4.41. The maximum absolute atomic E-state index is 6.31. The van der Waals surface area contributed by atoms with E-state index in [4.69, 9.17) is 5.73 Å². The highest BCUT2D eigenvalue weighted by Gasteiger charge is 2.14. The molecule has 1 unspecified atom stereocenters. The number of hydrogen-bond donors (Lipinski definition) is 1. The summed E-state index contributed by atoms with van der Waals surface area (Å²) in [5.74, 6) is 0. The van der Waals surface area contributed by atoms with Crippen molar-refractivity contribution >= 4 is 31.9 Å². The van der Waals surface area contributed by atoms with Gasteiger partial charge < -0.3 is 5.73 Å². The lowest BCUT2D eigenvalue weighted by molar-refractivity contribution is 0.686. The normalized spacial score (nSPS) is 12.5. The molecule has 1 heterocycles. The van der Waals surface area contributed by atoms with Crippen LogP contribution in [-0.2, 0) is 6.42 Å². The highest BCUT2D eigenvalue weighted by atomic mass is 79.9. The maximum Gasteiger partial charge on any atom is 0.0716 e. The van der Waals surface area contributed by atoms with Crippen molar-refractivity contribution in [3.8, 4) is 0 Å². The van der Waals surface area contributed by atoms with Gasteiger partial charge in [-0.2, -0.15) is 0 Å². The van der Waals surface area contributed by atoms with Gasteiger partial charge in [-0.05, 0) is 74.9 Å².